The minimum absolute atomic E-state index is 0.330. The summed E-state index contributed by atoms with van der Waals surface area (Å²) in [5.74, 6) is 0. The third-order valence-corrected chi connectivity index (χ3v) is 4.50. The van der Waals surface area contributed by atoms with Crippen molar-refractivity contribution in [1.82, 2.24) is 0 Å². The maximum atomic E-state index is 8.51. The van der Waals surface area contributed by atoms with Crippen LogP contribution in [-0.4, -0.2) is 32.2 Å². The lowest BCUT2D eigenvalue weighted by Crippen LogP contribution is -2.07. The molecule has 0 aromatic rings. The molecule has 0 bridgehead atoms. The van der Waals surface area contributed by atoms with Crippen LogP contribution in [0.1, 0.15) is 12.8 Å². The zero-order valence-electron chi connectivity index (χ0n) is 6.71. The van der Waals surface area contributed by atoms with Gasteiger partial charge < -0.3 is 10.2 Å². The molecule has 0 fully saturated rings. The van der Waals surface area contributed by atoms with E-state index in [2.05, 4.69) is 6.55 Å². The molecule has 0 amide bonds. The molecule has 0 heterocycles. The second-order valence-electron chi connectivity index (χ2n) is 2.84. The van der Waals surface area contributed by atoms with E-state index in [1.807, 2.05) is 0 Å². The first kappa shape index (κ1) is 10.1. The van der Waals surface area contributed by atoms with Gasteiger partial charge in [-0.15, -0.1) is 0 Å². The van der Waals surface area contributed by atoms with Gasteiger partial charge in [-0.05, 0) is 12.8 Å². The summed E-state index contributed by atoms with van der Waals surface area (Å²) >= 11 is 0. The second-order valence-corrected chi connectivity index (χ2v) is 6.20. The largest absolute Gasteiger partial charge is 0.396 e. The zero-order valence-corrected chi connectivity index (χ0v) is 7.87. The summed E-state index contributed by atoms with van der Waals surface area (Å²) in [5.41, 5.74) is 0. The summed E-state index contributed by atoms with van der Waals surface area (Å²) in [5, 5.41) is 17.0. The minimum Gasteiger partial charge on any atom is -0.396 e. The fraction of sp³-hybridized carbons (Fsp3) is 1.00. The highest BCUT2D eigenvalue weighted by molar-refractivity contribution is 6.57. The lowest BCUT2D eigenvalue weighted by atomic mass is 10.5. The number of hydrogen-bond acceptors (Lipinski definition) is 2. The Morgan fingerprint density at radius 3 is 1.70 bits per heavy atom. The number of aliphatic hydroxyl groups excluding tert-OH is 2. The van der Waals surface area contributed by atoms with E-state index in [-0.39, 0.29) is 0 Å². The summed E-state index contributed by atoms with van der Waals surface area (Å²) in [7, 11) is -0.557. The Balaban J connectivity index is 3.00. The SMILES string of the molecule is C[SiH](CCCO)CCCO. The second kappa shape index (κ2) is 7.25. The molecule has 0 aromatic heterocycles. The highest BCUT2D eigenvalue weighted by atomic mass is 28.3. The molecule has 10 heavy (non-hydrogen) atoms. The summed E-state index contributed by atoms with van der Waals surface area (Å²) in [6.07, 6.45) is 1.91. The predicted molar refractivity (Wildman–Crippen MR) is 46.0 cm³/mol. The maximum Gasteiger partial charge on any atom is 0.0428 e. The molecule has 0 spiro atoms. The van der Waals surface area contributed by atoms with Crippen molar-refractivity contribution in [2.75, 3.05) is 13.2 Å². The van der Waals surface area contributed by atoms with Gasteiger partial charge in [0.25, 0.3) is 0 Å². The Kier molecular flexibility index (Phi) is 7.35. The Hall–Kier alpha value is 0.137. The summed E-state index contributed by atoms with van der Waals surface area (Å²) in [6, 6.07) is 2.44. The molecule has 0 rings (SSSR count). The van der Waals surface area contributed by atoms with Gasteiger partial charge in [0.15, 0.2) is 0 Å². The van der Waals surface area contributed by atoms with E-state index in [0.717, 1.165) is 12.8 Å². The van der Waals surface area contributed by atoms with Gasteiger partial charge in [0.2, 0.25) is 0 Å². The van der Waals surface area contributed by atoms with Crippen molar-refractivity contribution in [3.63, 3.8) is 0 Å². The van der Waals surface area contributed by atoms with E-state index in [0.29, 0.717) is 13.2 Å². The first-order chi connectivity index (χ1) is 4.81. The molecule has 0 atom stereocenters. The van der Waals surface area contributed by atoms with Crippen LogP contribution in [0.5, 0.6) is 0 Å². The first-order valence-electron chi connectivity index (χ1n) is 4.03. The average Bonchev–Trinajstić information content (AvgIpc) is 1.97. The maximum absolute atomic E-state index is 8.51. The summed E-state index contributed by atoms with van der Waals surface area (Å²) < 4.78 is 0. The lowest BCUT2D eigenvalue weighted by Gasteiger charge is -2.06. The van der Waals surface area contributed by atoms with Crippen molar-refractivity contribution in [2.24, 2.45) is 0 Å². The van der Waals surface area contributed by atoms with Gasteiger partial charge in [0.1, 0.15) is 0 Å². The molecule has 0 radical (unpaired) electrons. The third kappa shape index (κ3) is 6.26. The molecule has 0 aliphatic carbocycles. The smallest absolute Gasteiger partial charge is 0.0428 e. The minimum atomic E-state index is -0.557. The summed E-state index contributed by atoms with van der Waals surface area (Å²) in [4.78, 5) is 0. The van der Waals surface area contributed by atoms with Crippen molar-refractivity contribution in [3.8, 4) is 0 Å². The Bertz CT molecular complexity index is 60.6. The van der Waals surface area contributed by atoms with Crippen molar-refractivity contribution < 1.29 is 10.2 Å². The van der Waals surface area contributed by atoms with Crippen LogP contribution in [0.15, 0.2) is 0 Å². The van der Waals surface area contributed by atoms with E-state index < -0.39 is 8.80 Å². The van der Waals surface area contributed by atoms with E-state index in [1.165, 1.54) is 12.1 Å². The molecule has 0 aliphatic rings. The van der Waals surface area contributed by atoms with Crippen LogP contribution in [0.25, 0.3) is 0 Å². The normalized spacial score (nSPS) is 10.8. The van der Waals surface area contributed by atoms with Crippen LogP contribution in [0.2, 0.25) is 18.6 Å². The van der Waals surface area contributed by atoms with Gasteiger partial charge >= 0.3 is 0 Å². The molecular weight excluding hydrogens is 144 g/mol. The summed E-state index contributed by atoms with van der Waals surface area (Å²) in [6.45, 7) is 2.96. The molecule has 0 saturated carbocycles. The highest BCUT2D eigenvalue weighted by Gasteiger charge is 2.01. The molecule has 0 aromatic carbocycles. The van der Waals surface area contributed by atoms with Crippen LogP contribution in [0.3, 0.4) is 0 Å². The standard InChI is InChI=1S/C7H18O2Si/c1-10(6-2-4-8)7-3-5-9/h8-10H,2-7H2,1H3. The van der Waals surface area contributed by atoms with Gasteiger partial charge in [0, 0.05) is 22.0 Å². The first-order valence-corrected chi connectivity index (χ1v) is 6.81. The van der Waals surface area contributed by atoms with Crippen LogP contribution in [-0.2, 0) is 0 Å². The lowest BCUT2D eigenvalue weighted by molar-refractivity contribution is 0.292. The predicted octanol–water partition coefficient (Wildman–Crippen LogP) is 0.608. The van der Waals surface area contributed by atoms with Crippen LogP contribution < -0.4 is 0 Å². The number of rotatable bonds is 6. The number of aliphatic hydroxyl groups is 2. The van der Waals surface area contributed by atoms with Crippen molar-refractivity contribution in [1.29, 1.82) is 0 Å². The Morgan fingerprint density at radius 2 is 1.40 bits per heavy atom. The van der Waals surface area contributed by atoms with Crippen LogP contribution >= 0.6 is 0 Å². The molecule has 2 N–H and O–H groups in total. The fourth-order valence-corrected chi connectivity index (χ4v) is 3.07. The van der Waals surface area contributed by atoms with Crippen molar-refractivity contribution in [2.45, 2.75) is 31.5 Å². The fourth-order valence-electron chi connectivity index (χ4n) is 1.02. The average molecular weight is 162 g/mol. The highest BCUT2D eigenvalue weighted by Crippen LogP contribution is 2.04. The Labute approximate surface area is 64.5 Å². The molecule has 2 nitrogen and oxygen atoms in total. The van der Waals surface area contributed by atoms with Crippen molar-refractivity contribution >= 4 is 8.80 Å². The van der Waals surface area contributed by atoms with E-state index >= 15 is 0 Å². The zero-order chi connectivity index (χ0) is 7.82. The van der Waals surface area contributed by atoms with Gasteiger partial charge in [-0.1, -0.05) is 18.6 Å². The van der Waals surface area contributed by atoms with E-state index in [1.54, 1.807) is 0 Å². The van der Waals surface area contributed by atoms with Crippen LogP contribution in [0.4, 0.5) is 0 Å². The quantitative estimate of drug-likeness (QED) is 0.562. The van der Waals surface area contributed by atoms with E-state index in [9.17, 15) is 0 Å². The van der Waals surface area contributed by atoms with Gasteiger partial charge in [-0.3, -0.25) is 0 Å². The van der Waals surface area contributed by atoms with Gasteiger partial charge in [0.05, 0.1) is 0 Å². The molecule has 0 aliphatic heterocycles. The monoisotopic (exact) mass is 162 g/mol. The third-order valence-electron chi connectivity index (χ3n) is 1.71. The number of hydrogen-bond donors (Lipinski definition) is 2. The molecule has 62 valence electrons. The van der Waals surface area contributed by atoms with Crippen LogP contribution in [0, 0.1) is 0 Å². The topological polar surface area (TPSA) is 40.5 Å². The van der Waals surface area contributed by atoms with Crippen molar-refractivity contribution in [3.05, 3.63) is 0 Å². The molecule has 0 unspecified atom stereocenters. The van der Waals surface area contributed by atoms with E-state index in [4.69, 9.17) is 10.2 Å². The molecular formula is C7H18O2Si. The van der Waals surface area contributed by atoms with Gasteiger partial charge in [-0.25, -0.2) is 0 Å². The molecule has 0 saturated heterocycles. The molecule has 3 heteroatoms. The Morgan fingerprint density at radius 1 is 1.00 bits per heavy atom. The van der Waals surface area contributed by atoms with Gasteiger partial charge in [-0.2, -0.15) is 0 Å².